The Morgan fingerprint density at radius 1 is 0.564 bits per heavy atom. The molecule has 0 aliphatic heterocycles. The van der Waals surface area contributed by atoms with Crippen molar-refractivity contribution in [3.05, 3.63) is 0 Å². The van der Waals surface area contributed by atoms with E-state index in [1.54, 1.807) is 12.2 Å². The number of carbonyl (C=O) groups excluding carboxylic acids is 2. The molecule has 4 heteroatoms. The highest BCUT2D eigenvalue weighted by molar-refractivity contribution is 5.33. The predicted molar refractivity (Wildman–Crippen MR) is 169 cm³/mol. The van der Waals surface area contributed by atoms with Crippen LogP contribution in [0.4, 0.5) is 0 Å². The van der Waals surface area contributed by atoms with Crippen LogP contribution in [0.5, 0.6) is 0 Å². The lowest BCUT2D eigenvalue weighted by Gasteiger charge is -2.30. The average Bonchev–Trinajstić information content (AvgIpc) is 2.93. The fourth-order valence-corrected chi connectivity index (χ4v) is 6.15. The van der Waals surface area contributed by atoms with Crippen LogP contribution in [0.15, 0.2) is 9.98 Å². The summed E-state index contributed by atoms with van der Waals surface area (Å²) in [6.07, 6.45) is 32.7. The Morgan fingerprint density at radius 2 is 1.03 bits per heavy atom. The maximum absolute atomic E-state index is 10.4. The minimum atomic E-state index is 0.112. The largest absolute Gasteiger partial charge is 0.235 e. The molecular formula is C35H66N2O2. The number of unbranched alkanes of at least 4 members (excludes halogenated alkanes) is 16. The van der Waals surface area contributed by atoms with E-state index in [1.807, 2.05) is 6.92 Å². The molecule has 39 heavy (non-hydrogen) atoms. The van der Waals surface area contributed by atoms with Gasteiger partial charge in [-0.05, 0) is 56.3 Å². The quantitative estimate of drug-likeness (QED) is 0.0532. The Kier molecular flexibility index (Phi) is 27.4. The Bertz CT molecular complexity index is 624. The van der Waals surface area contributed by atoms with Crippen LogP contribution in [0.1, 0.15) is 176 Å². The second-order valence-electron chi connectivity index (χ2n) is 12.8. The predicted octanol–water partition coefficient (Wildman–Crippen LogP) is 11.2. The summed E-state index contributed by atoms with van der Waals surface area (Å²) < 4.78 is 0. The third-order valence-electron chi connectivity index (χ3n) is 9.21. The molecule has 0 fully saturated rings. The lowest BCUT2D eigenvalue weighted by Crippen LogP contribution is -2.21. The molecule has 5 atom stereocenters. The fraction of sp³-hybridized carbons (Fsp3) is 0.943. The molecule has 5 unspecified atom stereocenters. The first-order valence-corrected chi connectivity index (χ1v) is 17.1. The molecular weight excluding hydrogens is 480 g/mol. The molecule has 0 saturated heterocycles. The number of nitrogens with zero attached hydrogens (tertiary/aromatic N) is 2. The summed E-state index contributed by atoms with van der Waals surface area (Å²) in [5.41, 5.74) is 0. The zero-order chi connectivity index (χ0) is 29.0. The molecule has 0 rings (SSSR count). The molecule has 0 aromatic heterocycles. The summed E-state index contributed by atoms with van der Waals surface area (Å²) >= 11 is 0. The lowest BCUT2D eigenvalue weighted by atomic mass is 9.75. The molecule has 0 bridgehead atoms. The highest BCUT2D eigenvalue weighted by Crippen LogP contribution is 2.33. The first kappa shape index (κ1) is 37.8. The van der Waals surface area contributed by atoms with Gasteiger partial charge in [0.25, 0.3) is 0 Å². The first-order valence-electron chi connectivity index (χ1n) is 17.1. The summed E-state index contributed by atoms with van der Waals surface area (Å²) in [5, 5.41) is 0. The number of hydrogen-bond donors (Lipinski definition) is 0. The highest BCUT2D eigenvalue weighted by Gasteiger charge is 2.23. The van der Waals surface area contributed by atoms with Crippen molar-refractivity contribution >= 4 is 12.2 Å². The van der Waals surface area contributed by atoms with Gasteiger partial charge in [0, 0.05) is 0 Å². The van der Waals surface area contributed by atoms with Gasteiger partial charge < -0.3 is 0 Å². The monoisotopic (exact) mass is 547 g/mol. The van der Waals surface area contributed by atoms with E-state index < -0.39 is 0 Å². The molecule has 0 heterocycles. The first-order chi connectivity index (χ1) is 19.0. The third kappa shape index (κ3) is 24.3. The van der Waals surface area contributed by atoms with Gasteiger partial charge in [-0.25, -0.2) is 19.6 Å². The van der Waals surface area contributed by atoms with E-state index in [2.05, 4.69) is 37.7 Å². The second kappa shape index (κ2) is 28.3. The molecule has 228 valence electrons. The Balaban J connectivity index is 3.58. The van der Waals surface area contributed by atoms with Gasteiger partial charge in [-0.2, -0.15) is 0 Å². The number of rotatable bonds is 29. The minimum Gasteiger partial charge on any atom is -0.211 e. The van der Waals surface area contributed by atoms with Gasteiger partial charge in [-0.1, -0.05) is 143 Å². The Hall–Kier alpha value is -1.24. The zero-order valence-electron chi connectivity index (χ0n) is 26.9. The van der Waals surface area contributed by atoms with Crippen LogP contribution in [-0.2, 0) is 9.59 Å². The van der Waals surface area contributed by atoms with Crippen molar-refractivity contribution in [2.75, 3.05) is 6.54 Å². The molecule has 0 spiro atoms. The normalized spacial score (nSPS) is 15.1. The minimum absolute atomic E-state index is 0.112. The van der Waals surface area contributed by atoms with Crippen molar-refractivity contribution < 1.29 is 9.59 Å². The van der Waals surface area contributed by atoms with Crippen molar-refractivity contribution in [3.63, 3.8) is 0 Å². The van der Waals surface area contributed by atoms with Crippen molar-refractivity contribution in [2.24, 2.45) is 33.7 Å². The smallest absolute Gasteiger partial charge is 0.211 e. The van der Waals surface area contributed by atoms with Crippen molar-refractivity contribution in [1.82, 2.24) is 0 Å². The fourth-order valence-electron chi connectivity index (χ4n) is 6.15. The van der Waals surface area contributed by atoms with Crippen molar-refractivity contribution in [1.29, 1.82) is 0 Å². The summed E-state index contributed by atoms with van der Waals surface area (Å²) in [5.74, 6) is 3.07. The summed E-state index contributed by atoms with van der Waals surface area (Å²) in [7, 11) is 0. The van der Waals surface area contributed by atoms with Crippen LogP contribution < -0.4 is 0 Å². The van der Waals surface area contributed by atoms with Gasteiger partial charge in [0.1, 0.15) is 0 Å². The maximum Gasteiger partial charge on any atom is 0.235 e. The van der Waals surface area contributed by atoms with Crippen molar-refractivity contribution in [3.8, 4) is 0 Å². The average molecular weight is 547 g/mol. The zero-order valence-corrected chi connectivity index (χ0v) is 26.9. The van der Waals surface area contributed by atoms with Gasteiger partial charge in [0.2, 0.25) is 12.2 Å². The molecule has 0 radical (unpaired) electrons. The van der Waals surface area contributed by atoms with Gasteiger partial charge in [0.15, 0.2) is 0 Å². The van der Waals surface area contributed by atoms with E-state index in [-0.39, 0.29) is 6.04 Å². The summed E-state index contributed by atoms with van der Waals surface area (Å²) in [6.45, 7) is 12.3. The van der Waals surface area contributed by atoms with Gasteiger partial charge >= 0.3 is 0 Å². The third-order valence-corrected chi connectivity index (χ3v) is 9.21. The van der Waals surface area contributed by atoms with Crippen molar-refractivity contribution in [2.45, 2.75) is 182 Å². The number of hydrogen-bond acceptors (Lipinski definition) is 4. The highest BCUT2D eigenvalue weighted by atomic mass is 16.1. The van der Waals surface area contributed by atoms with Crippen LogP contribution in [0.2, 0.25) is 0 Å². The van der Waals surface area contributed by atoms with Crippen LogP contribution in [0.3, 0.4) is 0 Å². The molecule has 0 saturated carbocycles. The van der Waals surface area contributed by atoms with Gasteiger partial charge in [-0.3, -0.25) is 0 Å². The Morgan fingerprint density at radius 3 is 1.46 bits per heavy atom. The molecule has 0 N–H and O–H groups in total. The van der Waals surface area contributed by atoms with E-state index in [9.17, 15) is 9.59 Å². The van der Waals surface area contributed by atoms with Crippen LogP contribution in [0.25, 0.3) is 0 Å². The van der Waals surface area contributed by atoms with Gasteiger partial charge in [-0.15, -0.1) is 0 Å². The molecule has 0 aromatic carbocycles. The van der Waals surface area contributed by atoms with E-state index in [1.165, 1.54) is 122 Å². The summed E-state index contributed by atoms with van der Waals surface area (Å²) in [4.78, 5) is 27.9. The molecule has 0 amide bonds. The SMILES string of the molecule is CCC(CC(C)CCCCCCCCCCCCCCCCCCCN=C=O)C(C)C(C)CCC(C)N=C=O. The van der Waals surface area contributed by atoms with Crippen LogP contribution in [0, 0.1) is 23.7 Å². The lowest BCUT2D eigenvalue weighted by molar-refractivity contribution is 0.201. The topological polar surface area (TPSA) is 58.9 Å². The molecule has 0 aliphatic rings. The summed E-state index contributed by atoms with van der Waals surface area (Å²) in [6, 6.07) is 0.112. The molecule has 4 nitrogen and oxygen atoms in total. The number of isocyanates is 2. The van der Waals surface area contributed by atoms with E-state index >= 15 is 0 Å². The van der Waals surface area contributed by atoms with E-state index in [0.717, 1.165) is 37.0 Å². The molecule has 0 aromatic rings. The standard InChI is InChI=1S/C35H66N2O2/c1-6-35(34(5)32(3)25-26-33(4)37-30-39)28-31(2)24-22-20-18-16-14-12-10-8-7-9-11-13-15-17-19-21-23-27-36-29-38/h31-35H,6-28H2,1-5H3. The molecule has 0 aliphatic carbocycles. The van der Waals surface area contributed by atoms with E-state index in [4.69, 9.17) is 0 Å². The van der Waals surface area contributed by atoms with Crippen LogP contribution >= 0.6 is 0 Å². The Labute approximate surface area is 243 Å². The second-order valence-corrected chi connectivity index (χ2v) is 12.8. The van der Waals surface area contributed by atoms with E-state index in [0.29, 0.717) is 12.5 Å². The van der Waals surface area contributed by atoms with Gasteiger partial charge in [0.05, 0.1) is 12.6 Å². The van der Waals surface area contributed by atoms with Crippen LogP contribution in [-0.4, -0.2) is 24.7 Å². The number of aliphatic imine (C=N–C) groups is 2. The maximum atomic E-state index is 10.4.